The number of carbonyl (C=O) groups is 2. The van der Waals surface area contributed by atoms with Gasteiger partial charge >= 0.3 is 12.1 Å². The number of piperidine rings is 2. The van der Waals surface area contributed by atoms with E-state index in [9.17, 15) is 22.8 Å². The maximum absolute atomic E-state index is 13.6. The number of aromatic nitrogens is 1. The van der Waals surface area contributed by atoms with Crippen LogP contribution < -0.4 is 9.47 Å². The van der Waals surface area contributed by atoms with Gasteiger partial charge < -0.3 is 14.4 Å². The van der Waals surface area contributed by atoms with Gasteiger partial charge in [-0.3, -0.25) is 9.69 Å². The number of fused-ring (bicyclic) bond motifs is 2. The van der Waals surface area contributed by atoms with Crippen LogP contribution in [0, 0.1) is 5.41 Å². The number of para-hydroxylation sites is 2. The van der Waals surface area contributed by atoms with Crippen LogP contribution in [0.15, 0.2) is 48.5 Å². The molecule has 0 aliphatic carbocycles. The fourth-order valence-corrected chi connectivity index (χ4v) is 6.62. The Morgan fingerprint density at radius 1 is 0.976 bits per heavy atom. The van der Waals surface area contributed by atoms with Gasteiger partial charge in [0.2, 0.25) is 5.88 Å². The third-order valence-electron chi connectivity index (χ3n) is 8.95. The summed E-state index contributed by atoms with van der Waals surface area (Å²) in [6.45, 7) is 8.17. The number of likely N-dealkylation sites (tertiary alicyclic amines) is 2. The molecule has 3 aromatic rings. The fraction of sp³-hybridized carbons (Fsp3) is 0.469. The Kier molecular flexibility index (Phi) is 7.15. The van der Waals surface area contributed by atoms with Crippen LogP contribution in [0.3, 0.4) is 0 Å². The molecule has 1 amide bonds. The maximum Gasteiger partial charge on any atom is 0.491 e. The molecule has 3 aliphatic heterocycles. The minimum Gasteiger partial charge on any atom is -0.487 e. The molecular formula is C32H34F3N3O4. The first-order valence-electron chi connectivity index (χ1n) is 14.4. The van der Waals surface area contributed by atoms with Crippen LogP contribution in [0.25, 0.3) is 10.9 Å². The summed E-state index contributed by atoms with van der Waals surface area (Å²) in [5, 5.41) is 0.502. The summed E-state index contributed by atoms with van der Waals surface area (Å²) < 4.78 is 49.2. The van der Waals surface area contributed by atoms with Crippen molar-refractivity contribution in [1.29, 1.82) is 0 Å². The molecule has 0 atom stereocenters. The van der Waals surface area contributed by atoms with Gasteiger partial charge in [-0.25, -0.2) is 9.78 Å². The smallest absolute Gasteiger partial charge is 0.487 e. The number of hydrogen-bond acceptors (Lipinski definition) is 6. The molecular weight excluding hydrogens is 547 g/mol. The van der Waals surface area contributed by atoms with Gasteiger partial charge in [0.05, 0.1) is 11.1 Å². The molecule has 6 rings (SSSR count). The molecule has 222 valence electrons. The maximum atomic E-state index is 13.6. The van der Waals surface area contributed by atoms with Crippen molar-refractivity contribution >= 4 is 22.8 Å². The zero-order valence-corrected chi connectivity index (χ0v) is 23.8. The number of ether oxygens (including phenoxy) is 2. The minimum absolute atomic E-state index is 0.165. The van der Waals surface area contributed by atoms with Gasteiger partial charge in [0.25, 0.3) is 5.91 Å². The lowest BCUT2D eigenvalue weighted by molar-refractivity contribution is -0.189. The second-order valence-electron chi connectivity index (χ2n) is 12.4. The Bertz CT molecular complexity index is 1520. The number of esters is 1. The Morgan fingerprint density at radius 3 is 2.38 bits per heavy atom. The van der Waals surface area contributed by atoms with Crippen molar-refractivity contribution in [1.82, 2.24) is 14.8 Å². The molecule has 10 heteroatoms. The van der Waals surface area contributed by atoms with Crippen LogP contribution in [0.2, 0.25) is 0 Å². The number of alkyl halides is 3. The van der Waals surface area contributed by atoms with E-state index in [0.29, 0.717) is 18.5 Å². The molecule has 2 fully saturated rings. The van der Waals surface area contributed by atoms with E-state index in [1.807, 2.05) is 0 Å². The number of nitrogens with zero attached hydrogens (tertiary/aromatic N) is 3. The zero-order valence-electron chi connectivity index (χ0n) is 23.8. The van der Waals surface area contributed by atoms with E-state index < -0.39 is 18.0 Å². The first kappa shape index (κ1) is 28.5. The molecule has 0 bridgehead atoms. The highest BCUT2D eigenvalue weighted by molar-refractivity contribution is 6.06. The standard InChI is InChI=1S/C32H34F3N3O4/c1-30(2)19-21-6-5-7-22(27(21)42-30)20-37-14-10-31(11-15-37)12-16-38(17-13-31)28(39)24-18-26(41-29(40)32(33,34)35)36-25-9-4-3-8-23(24)25/h3-9,18H,10-17,19-20H2,1-2H3. The Hall–Kier alpha value is -3.66. The van der Waals surface area contributed by atoms with Gasteiger partial charge in [0, 0.05) is 43.1 Å². The topological polar surface area (TPSA) is 72.0 Å². The number of halogens is 3. The van der Waals surface area contributed by atoms with Crippen molar-refractivity contribution < 1.29 is 32.2 Å². The van der Waals surface area contributed by atoms with E-state index in [1.165, 1.54) is 11.1 Å². The lowest BCUT2D eigenvalue weighted by atomic mass is 9.71. The highest BCUT2D eigenvalue weighted by Crippen LogP contribution is 2.43. The predicted molar refractivity (Wildman–Crippen MR) is 150 cm³/mol. The summed E-state index contributed by atoms with van der Waals surface area (Å²) >= 11 is 0. The number of amides is 1. The average molecular weight is 582 g/mol. The van der Waals surface area contributed by atoms with E-state index in [2.05, 4.69) is 46.7 Å². The second-order valence-corrected chi connectivity index (χ2v) is 12.4. The van der Waals surface area contributed by atoms with Gasteiger partial charge in [0.1, 0.15) is 11.4 Å². The van der Waals surface area contributed by atoms with Crippen molar-refractivity contribution in [3.63, 3.8) is 0 Å². The van der Waals surface area contributed by atoms with Gasteiger partial charge in [-0.05, 0) is 69.7 Å². The monoisotopic (exact) mass is 581 g/mol. The molecule has 2 saturated heterocycles. The Labute approximate surface area is 242 Å². The molecule has 0 unspecified atom stereocenters. The van der Waals surface area contributed by atoms with Crippen molar-refractivity contribution in [2.75, 3.05) is 26.2 Å². The van der Waals surface area contributed by atoms with E-state index in [0.717, 1.165) is 63.6 Å². The lowest BCUT2D eigenvalue weighted by Gasteiger charge is -2.47. The summed E-state index contributed by atoms with van der Waals surface area (Å²) in [6.07, 6.45) is -0.421. The van der Waals surface area contributed by atoms with Gasteiger partial charge in [-0.2, -0.15) is 13.2 Å². The lowest BCUT2D eigenvalue weighted by Crippen LogP contribution is -2.48. The summed E-state index contributed by atoms with van der Waals surface area (Å²) in [5.41, 5.74) is 2.96. The predicted octanol–water partition coefficient (Wildman–Crippen LogP) is 5.93. The molecule has 3 aliphatic rings. The molecule has 2 aromatic carbocycles. The molecule has 0 saturated carbocycles. The largest absolute Gasteiger partial charge is 0.491 e. The van der Waals surface area contributed by atoms with Crippen LogP contribution >= 0.6 is 0 Å². The first-order valence-corrected chi connectivity index (χ1v) is 14.4. The van der Waals surface area contributed by atoms with Crippen LogP contribution in [-0.2, 0) is 17.8 Å². The van der Waals surface area contributed by atoms with Crippen molar-refractivity contribution in [3.05, 3.63) is 65.2 Å². The molecule has 42 heavy (non-hydrogen) atoms. The highest BCUT2D eigenvalue weighted by Gasteiger charge is 2.42. The third kappa shape index (κ3) is 5.69. The normalized spacial score (nSPS) is 19.9. The molecule has 1 aromatic heterocycles. The number of pyridine rings is 1. The van der Waals surface area contributed by atoms with Crippen LogP contribution in [0.4, 0.5) is 13.2 Å². The van der Waals surface area contributed by atoms with E-state index in [4.69, 9.17) is 4.74 Å². The quantitative estimate of drug-likeness (QED) is 0.356. The summed E-state index contributed by atoms with van der Waals surface area (Å²) in [6, 6.07) is 14.2. The number of carbonyl (C=O) groups excluding carboxylic acids is 2. The van der Waals surface area contributed by atoms with Crippen molar-refractivity contribution in [2.45, 2.75) is 64.3 Å². The zero-order chi connectivity index (χ0) is 29.7. The third-order valence-corrected chi connectivity index (χ3v) is 8.95. The summed E-state index contributed by atoms with van der Waals surface area (Å²) in [4.78, 5) is 33.3. The van der Waals surface area contributed by atoms with Gasteiger partial charge in [0.15, 0.2) is 0 Å². The summed E-state index contributed by atoms with van der Waals surface area (Å²) in [5.74, 6) is -2.18. The fourth-order valence-electron chi connectivity index (χ4n) is 6.62. The van der Waals surface area contributed by atoms with Gasteiger partial charge in [-0.1, -0.05) is 36.4 Å². The van der Waals surface area contributed by atoms with Gasteiger partial charge in [-0.15, -0.1) is 0 Å². The average Bonchev–Trinajstić information content (AvgIpc) is 3.28. The van der Waals surface area contributed by atoms with Crippen molar-refractivity contribution in [3.8, 4) is 11.6 Å². The number of rotatable bonds is 4. The second kappa shape index (κ2) is 10.6. The van der Waals surface area contributed by atoms with Crippen LogP contribution in [0.5, 0.6) is 11.6 Å². The van der Waals surface area contributed by atoms with Crippen LogP contribution in [0.1, 0.15) is 61.0 Å². The molecule has 1 spiro atoms. The van der Waals surface area contributed by atoms with E-state index in [-0.39, 0.29) is 28.0 Å². The van der Waals surface area contributed by atoms with Crippen LogP contribution in [-0.4, -0.2) is 64.6 Å². The SMILES string of the molecule is CC1(C)Cc2cccc(CN3CCC4(CC3)CCN(C(=O)c3cc(OC(=O)C(F)(F)F)nc5ccccc35)CC4)c2O1. The number of hydrogen-bond donors (Lipinski definition) is 0. The summed E-state index contributed by atoms with van der Waals surface area (Å²) in [7, 11) is 0. The van der Waals surface area contributed by atoms with Crippen molar-refractivity contribution in [2.24, 2.45) is 5.41 Å². The molecule has 7 nitrogen and oxygen atoms in total. The first-order chi connectivity index (χ1) is 19.9. The Balaban J connectivity index is 1.10. The minimum atomic E-state index is -5.17. The molecule has 4 heterocycles. The van der Waals surface area contributed by atoms with E-state index in [1.54, 1.807) is 29.2 Å². The Morgan fingerprint density at radius 2 is 1.67 bits per heavy atom. The molecule has 0 radical (unpaired) electrons. The highest BCUT2D eigenvalue weighted by atomic mass is 19.4. The number of benzene rings is 2. The molecule has 0 N–H and O–H groups in total. The van der Waals surface area contributed by atoms with E-state index >= 15 is 0 Å².